The summed E-state index contributed by atoms with van der Waals surface area (Å²) in [5.41, 5.74) is 0.205. The topological polar surface area (TPSA) is 59.6 Å². The lowest BCUT2D eigenvalue weighted by Gasteiger charge is -2.12. The number of carbonyl (C=O) groups excluding carboxylic acids is 1. The third-order valence-corrected chi connectivity index (χ3v) is 3.38. The summed E-state index contributed by atoms with van der Waals surface area (Å²) >= 11 is 0. The Morgan fingerprint density at radius 2 is 1.76 bits per heavy atom. The molecule has 5 nitrogen and oxygen atoms in total. The summed E-state index contributed by atoms with van der Waals surface area (Å²) in [5.74, 6) is -3.54. The second-order valence-corrected chi connectivity index (χ2v) is 5.01. The van der Waals surface area contributed by atoms with Crippen molar-refractivity contribution in [3.8, 4) is 11.5 Å². The Morgan fingerprint density at radius 1 is 1.00 bits per heavy atom. The van der Waals surface area contributed by atoms with Gasteiger partial charge in [-0.2, -0.15) is 0 Å². The van der Waals surface area contributed by atoms with Crippen molar-refractivity contribution in [1.29, 1.82) is 0 Å². The first-order chi connectivity index (χ1) is 12.0. The smallest absolute Gasteiger partial charge is 0.226 e. The van der Waals surface area contributed by atoms with Gasteiger partial charge in [-0.1, -0.05) is 0 Å². The summed E-state index contributed by atoms with van der Waals surface area (Å²) in [7, 11) is 2.96. The lowest BCUT2D eigenvalue weighted by molar-refractivity contribution is -0.116. The monoisotopic (exact) mass is 354 g/mol. The molecule has 0 fully saturated rings. The maximum absolute atomic E-state index is 13.5. The fourth-order valence-corrected chi connectivity index (χ4v) is 2.10. The van der Waals surface area contributed by atoms with E-state index in [1.54, 1.807) is 18.2 Å². The molecular weight excluding hydrogens is 337 g/mol. The highest BCUT2D eigenvalue weighted by Crippen LogP contribution is 2.29. The van der Waals surface area contributed by atoms with E-state index < -0.39 is 17.5 Å². The van der Waals surface area contributed by atoms with E-state index >= 15 is 0 Å². The van der Waals surface area contributed by atoms with Crippen LogP contribution in [0, 0.1) is 17.5 Å². The minimum absolute atomic E-state index is 0.0279. The van der Waals surface area contributed by atoms with Gasteiger partial charge in [-0.05, 0) is 24.3 Å². The third-order valence-electron chi connectivity index (χ3n) is 3.38. The number of carbonyl (C=O) groups is 1. The van der Waals surface area contributed by atoms with Crippen molar-refractivity contribution in [3.05, 3.63) is 47.8 Å². The first kappa shape index (κ1) is 18.4. The molecular formula is C17H17F3N2O3. The zero-order valence-electron chi connectivity index (χ0n) is 13.7. The summed E-state index contributed by atoms with van der Waals surface area (Å²) in [6.45, 7) is 0.0279. The van der Waals surface area contributed by atoms with E-state index in [4.69, 9.17) is 9.47 Å². The van der Waals surface area contributed by atoms with E-state index in [2.05, 4.69) is 10.6 Å². The fraction of sp³-hybridized carbons (Fsp3) is 0.235. The molecule has 2 N–H and O–H groups in total. The average molecular weight is 354 g/mol. The van der Waals surface area contributed by atoms with Crippen LogP contribution in [0.1, 0.15) is 6.42 Å². The Labute approximate surface area is 142 Å². The molecule has 0 radical (unpaired) electrons. The van der Waals surface area contributed by atoms with Gasteiger partial charge in [-0.15, -0.1) is 0 Å². The molecule has 0 aliphatic rings. The van der Waals surface area contributed by atoms with Gasteiger partial charge in [0.25, 0.3) is 0 Å². The van der Waals surface area contributed by atoms with Crippen LogP contribution in [0.25, 0.3) is 0 Å². The van der Waals surface area contributed by atoms with Crippen molar-refractivity contribution in [2.75, 3.05) is 31.4 Å². The van der Waals surface area contributed by atoms with E-state index in [0.717, 1.165) is 12.1 Å². The molecule has 25 heavy (non-hydrogen) atoms. The predicted octanol–water partition coefficient (Wildman–Crippen LogP) is 3.56. The van der Waals surface area contributed by atoms with E-state index in [1.807, 2.05) is 0 Å². The number of hydrogen-bond donors (Lipinski definition) is 2. The van der Waals surface area contributed by atoms with Crippen LogP contribution in [0.5, 0.6) is 11.5 Å². The first-order valence-corrected chi connectivity index (χ1v) is 7.35. The largest absolute Gasteiger partial charge is 0.497 e. The summed E-state index contributed by atoms with van der Waals surface area (Å²) < 4.78 is 49.7. The molecule has 8 heteroatoms. The lowest BCUT2D eigenvalue weighted by Crippen LogP contribution is -2.17. The molecule has 0 heterocycles. The van der Waals surface area contributed by atoms with Crippen LogP contribution in [0.3, 0.4) is 0 Å². The minimum Gasteiger partial charge on any atom is -0.497 e. The molecule has 0 aliphatic heterocycles. The standard InChI is InChI=1S/C17H17F3N2O3/c1-24-10-3-6-14(25-2)13(9-10)22-15(23)7-8-21-12-5-4-11(18)16(19)17(12)20/h3-6,9,21H,7-8H2,1-2H3,(H,22,23). The predicted molar refractivity (Wildman–Crippen MR) is 87.6 cm³/mol. The maximum Gasteiger partial charge on any atom is 0.226 e. The number of nitrogens with one attached hydrogen (secondary N) is 2. The molecule has 0 spiro atoms. The van der Waals surface area contributed by atoms with E-state index in [0.29, 0.717) is 17.2 Å². The number of ether oxygens (including phenoxy) is 2. The van der Waals surface area contributed by atoms with Crippen molar-refractivity contribution < 1.29 is 27.4 Å². The SMILES string of the molecule is COc1ccc(OC)c(NC(=O)CCNc2ccc(F)c(F)c2F)c1. The molecule has 1 amide bonds. The van der Waals surface area contributed by atoms with Crippen LogP contribution in [0.4, 0.5) is 24.5 Å². The number of halogens is 3. The minimum atomic E-state index is -1.56. The van der Waals surface area contributed by atoms with Gasteiger partial charge in [0, 0.05) is 19.0 Å². The Bertz CT molecular complexity index is 769. The van der Waals surface area contributed by atoms with Gasteiger partial charge in [0.15, 0.2) is 17.5 Å². The number of methoxy groups -OCH3 is 2. The normalized spacial score (nSPS) is 10.3. The van der Waals surface area contributed by atoms with Gasteiger partial charge < -0.3 is 20.1 Å². The van der Waals surface area contributed by atoms with Crippen LogP contribution in [-0.2, 0) is 4.79 Å². The van der Waals surface area contributed by atoms with Gasteiger partial charge in [0.2, 0.25) is 5.91 Å². The molecule has 0 unspecified atom stereocenters. The first-order valence-electron chi connectivity index (χ1n) is 7.35. The Hall–Kier alpha value is -2.90. The second-order valence-electron chi connectivity index (χ2n) is 5.01. The van der Waals surface area contributed by atoms with Crippen LogP contribution in [-0.4, -0.2) is 26.7 Å². The van der Waals surface area contributed by atoms with Gasteiger partial charge in [-0.3, -0.25) is 4.79 Å². The number of anilines is 2. The van der Waals surface area contributed by atoms with E-state index in [9.17, 15) is 18.0 Å². The van der Waals surface area contributed by atoms with Crippen molar-refractivity contribution in [2.45, 2.75) is 6.42 Å². The zero-order chi connectivity index (χ0) is 18.4. The van der Waals surface area contributed by atoms with Crippen molar-refractivity contribution in [3.63, 3.8) is 0 Å². The number of benzene rings is 2. The molecule has 0 saturated heterocycles. The maximum atomic E-state index is 13.5. The Kier molecular flexibility index (Phi) is 6.10. The fourth-order valence-electron chi connectivity index (χ4n) is 2.10. The lowest BCUT2D eigenvalue weighted by atomic mass is 10.2. The van der Waals surface area contributed by atoms with Gasteiger partial charge >= 0.3 is 0 Å². The molecule has 0 aliphatic carbocycles. The summed E-state index contributed by atoms with van der Waals surface area (Å²) in [5, 5.41) is 5.20. The molecule has 134 valence electrons. The second kappa shape index (κ2) is 8.27. The summed E-state index contributed by atoms with van der Waals surface area (Å²) in [4.78, 5) is 12.0. The van der Waals surface area contributed by atoms with Crippen LogP contribution in [0.15, 0.2) is 30.3 Å². The van der Waals surface area contributed by atoms with Crippen LogP contribution >= 0.6 is 0 Å². The molecule has 0 atom stereocenters. The zero-order valence-corrected chi connectivity index (χ0v) is 13.7. The number of amides is 1. The highest BCUT2D eigenvalue weighted by Gasteiger charge is 2.14. The summed E-state index contributed by atoms with van der Waals surface area (Å²) in [6.07, 6.45) is -0.0290. The third kappa shape index (κ3) is 4.56. The van der Waals surface area contributed by atoms with E-state index in [-0.39, 0.29) is 24.6 Å². The van der Waals surface area contributed by atoms with Gasteiger partial charge in [0.05, 0.1) is 25.6 Å². The van der Waals surface area contributed by atoms with Crippen molar-refractivity contribution >= 4 is 17.3 Å². The molecule has 0 aromatic heterocycles. The van der Waals surface area contributed by atoms with Crippen LogP contribution in [0.2, 0.25) is 0 Å². The highest BCUT2D eigenvalue weighted by atomic mass is 19.2. The van der Waals surface area contributed by atoms with Gasteiger partial charge in [-0.25, -0.2) is 13.2 Å². The number of hydrogen-bond acceptors (Lipinski definition) is 4. The van der Waals surface area contributed by atoms with Crippen molar-refractivity contribution in [1.82, 2.24) is 0 Å². The molecule has 2 aromatic carbocycles. The Morgan fingerprint density at radius 3 is 2.44 bits per heavy atom. The Balaban J connectivity index is 1.94. The summed E-state index contributed by atoms with van der Waals surface area (Å²) in [6, 6.07) is 6.79. The quantitative estimate of drug-likeness (QED) is 0.747. The molecule has 2 aromatic rings. The average Bonchev–Trinajstić information content (AvgIpc) is 2.61. The molecule has 2 rings (SSSR count). The highest BCUT2D eigenvalue weighted by molar-refractivity contribution is 5.92. The number of rotatable bonds is 7. The van der Waals surface area contributed by atoms with Gasteiger partial charge in [0.1, 0.15) is 11.5 Å². The van der Waals surface area contributed by atoms with E-state index in [1.165, 1.54) is 14.2 Å². The molecule has 0 bridgehead atoms. The van der Waals surface area contributed by atoms with Crippen LogP contribution < -0.4 is 20.1 Å². The molecule has 0 saturated carbocycles. The van der Waals surface area contributed by atoms with Crippen molar-refractivity contribution in [2.24, 2.45) is 0 Å².